The summed E-state index contributed by atoms with van der Waals surface area (Å²) in [5.41, 5.74) is 1.94. The van der Waals surface area contributed by atoms with Gasteiger partial charge in [-0.3, -0.25) is 0 Å². The molecule has 16 heavy (non-hydrogen) atoms. The summed E-state index contributed by atoms with van der Waals surface area (Å²) in [5.74, 6) is 0.552. The van der Waals surface area contributed by atoms with Crippen LogP contribution in [-0.4, -0.2) is 4.98 Å². The average molecular weight is 233 g/mol. The van der Waals surface area contributed by atoms with E-state index in [0.717, 1.165) is 10.6 Å². The SMILES string of the molecule is Fc1ccccc1Cc1nc(C2CC2)cs1. The first-order valence-corrected chi connectivity index (χ1v) is 6.38. The summed E-state index contributed by atoms with van der Waals surface area (Å²) in [6.45, 7) is 0. The zero-order valence-corrected chi connectivity index (χ0v) is 9.64. The lowest BCUT2D eigenvalue weighted by molar-refractivity contribution is 0.613. The summed E-state index contributed by atoms with van der Waals surface area (Å²) in [4.78, 5) is 4.56. The van der Waals surface area contributed by atoms with Crippen molar-refractivity contribution >= 4 is 11.3 Å². The maximum atomic E-state index is 13.4. The maximum Gasteiger partial charge on any atom is 0.126 e. The Labute approximate surface area is 98.0 Å². The third kappa shape index (κ3) is 2.00. The zero-order valence-electron chi connectivity index (χ0n) is 8.82. The lowest BCUT2D eigenvalue weighted by Gasteiger charge is -1.99. The predicted octanol–water partition coefficient (Wildman–Crippen LogP) is 3.75. The number of thiazole rings is 1. The molecule has 0 atom stereocenters. The van der Waals surface area contributed by atoms with Crippen molar-refractivity contribution in [2.75, 3.05) is 0 Å². The number of rotatable bonds is 3. The van der Waals surface area contributed by atoms with E-state index >= 15 is 0 Å². The molecule has 1 heterocycles. The fraction of sp³-hybridized carbons (Fsp3) is 0.308. The molecule has 3 rings (SSSR count). The van der Waals surface area contributed by atoms with Gasteiger partial charge in [-0.25, -0.2) is 9.37 Å². The Hall–Kier alpha value is -1.22. The van der Waals surface area contributed by atoms with Gasteiger partial charge in [0.2, 0.25) is 0 Å². The normalized spacial score (nSPS) is 15.3. The fourth-order valence-electron chi connectivity index (χ4n) is 1.78. The largest absolute Gasteiger partial charge is 0.246 e. The van der Waals surface area contributed by atoms with Crippen LogP contribution in [0.5, 0.6) is 0 Å². The van der Waals surface area contributed by atoms with Crippen LogP contribution < -0.4 is 0 Å². The predicted molar refractivity (Wildman–Crippen MR) is 63.3 cm³/mol. The zero-order chi connectivity index (χ0) is 11.0. The molecule has 1 nitrogen and oxygen atoms in total. The van der Waals surface area contributed by atoms with Crippen LogP contribution in [0.3, 0.4) is 0 Å². The molecule has 0 saturated heterocycles. The molecule has 0 amide bonds. The Morgan fingerprint density at radius 3 is 2.88 bits per heavy atom. The van der Waals surface area contributed by atoms with Gasteiger partial charge >= 0.3 is 0 Å². The summed E-state index contributed by atoms with van der Waals surface area (Å²) in [6, 6.07) is 6.92. The van der Waals surface area contributed by atoms with Crippen LogP contribution in [0.2, 0.25) is 0 Å². The molecule has 1 fully saturated rings. The van der Waals surface area contributed by atoms with Crippen molar-refractivity contribution in [1.82, 2.24) is 4.98 Å². The Morgan fingerprint density at radius 2 is 2.12 bits per heavy atom. The molecule has 0 aliphatic heterocycles. The van der Waals surface area contributed by atoms with Gasteiger partial charge in [-0.15, -0.1) is 11.3 Å². The number of hydrogen-bond acceptors (Lipinski definition) is 2. The molecule has 1 aromatic carbocycles. The van der Waals surface area contributed by atoms with Gasteiger partial charge in [-0.1, -0.05) is 18.2 Å². The van der Waals surface area contributed by atoms with Gasteiger partial charge in [0.1, 0.15) is 5.82 Å². The van der Waals surface area contributed by atoms with Gasteiger partial charge in [0.15, 0.2) is 0 Å². The summed E-state index contributed by atoms with van der Waals surface area (Å²) in [7, 11) is 0. The van der Waals surface area contributed by atoms with Gasteiger partial charge in [0.25, 0.3) is 0 Å². The summed E-state index contributed by atoms with van der Waals surface area (Å²) in [5, 5.41) is 3.14. The van der Waals surface area contributed by atoms with Crippen LogP contribution in [0.1, 0.15) is 35.0 Å². The molecule has 0 spiro atoms. The molecule has 0 radical (unpaired) electrons. The van der Waals surface area contributed by atoms with Crippen molar-refractivity contribution in [3.63, 3.8) is 0 Å². The van der Waals surface area contributed by atoms with Gasteiger partial charge in [0.05, 0.1) is 10.7 Å². The molecule has 0 bridgehead atoms. The molecule has 0 unspecified atom stereocenters. The van der Waals surface area contributed by atoms with Crippen molar-refractivity contribution in [2.45, 2.75) is 25.2 Å². The highest BCUT2D eigenvalue weighted by atomic mass is 32.1. The topological polar surface area (TPSA) is 12.9 Å². The van der Waals surface area contributed by atoms with Crippen LogP contribution in [0.4, 0.5) is 4.39 Å². The van der Waals surface area contributed by atoms with Crippen LogP contribution in [-0.2, 0) is 6.42 Å². The quantitative estimate of drug-likeness (QED) is 0.786. The Balaban J connectivity index is 1.80. The van der Waals surface area contributed by atoms with E-state index in [1.54, 1.807) is 17.4 Å². The van der Waals surface area contributed by atoms with E-state index in [0.29, 0.717) is 12.3 Å². The minimum Gasteiger partial charge on any atom is -0.246 e. The highest BCUT2D eigenvalue weighted by molar-refractivity contribution is 7.09. The fourth-order valence-corrected chi connectivity index (χ4v) is 2.68. The number of benzene rings is 1. The first-order valence-electron chi connectivity index (χ1n) is 5.50. The first kappa shape index (κ1) is 9.97. The molecule has 3 heteroatoms. The maximum absolute atomic E-state index is 13.4. The van der Waals surface area contributed by atoms with E-state index < -0.39 is 0 Å². The van der Waals surface area contributed by atoms with E-state index in [-0.39, 0.29) is 5.82 Å². The van der Waals surface area contributed by atoms with Crippen molar-refractivity contribution in [3.05, 3.63) is 51.7 Å². The Kier molecular flexibility index (Phi) is 2.48. The second-order valence-electron chi connectivity index (χ2n) is 4.21. The lowest BCUT2D eigenvalue weighted by atomic mass is 10.1. The van der Waals surface area contributed by atoms with Gasteiger partial charge in [0, 0.05) is 17.7 Å². The number of nitrogens with zero attached hydrogens (tertiary/aromatic N) is 1. The minimum absolute atomic E-state index is 0.134. The van der Waals surface area contributed by atoms with Crippen molar-refractivity contribution in [1.29, 1.82) is 0 Å². The number of aromatic nitrogens is 1. The highest BCUT2D eigenvalue weighted by Gasteiger charge is 2.25. The monoisotopic (exact) mass is 233 g/mol. The number of halogens is 1. The first-order chi connectivity index (χ1) is 7.83. The molecular formula is C13H12FNS. The molecule has 1 aromatic heterocycles. The Morgan fingerprint density at radius 1 is 1.31 bits per heavy atom. The van der Waals surface area contributed by atoms with Gasteiger partial charge in [-0.05, 0) is 24.5 Å². The summed E-state index contributed by atoms with van der Waals surface area (Å²) in [6.07, 6.45) is 3.15. The lowest BCUT2D eigenvalue weighted by Crippen LogP contribution is -1.92. The minimum atomic E-state index is -0.134. The molecule has 1 aliphatic rings. The molecule has 0 N–H and O–H groups in total. The third-order valence-corrected chi connectivity index (χ3v) is 3.73. The van der Waals surface area contributed by atoms with Crippen LogP contribution in [0.25, 0.3) is 0 Å². The van der Waals surface area contributed by atoms with Crippen LogP contribution in [0.15, 0.2) is 29.6 Å². The highest BCUT2D eigenvalue weighted by Crippen LogP contribution is 2.40. The Bertz CT molecular complexity index is 502. The number of hydrogen-bond donors (Lipinski definition) is 0. The van der Waals surface area contributed by atoms with E-state index in [1.807, 2.05) is 12.1 Å². The third-order valence-electron chi connectivity index (χ3n) is 2.86. The molecular weight excluding hydrogens is 221 g/mol. The van der Waals surface area contributed by atoms with E-state index in [2.05, 4.69) is 10.4 Å². The van der Waals surface area contributed by atoms with Crippen molar-refractivity contribution in [2.24, 2.45) is 0 Å². The van der Waals surface area contributed by atoms with E-state index in [1.165, 1.54) is 24.6 Å². The molecule has 2 aromatic rings. The van der Waals surface area contributed by atoms with Gasteiger partial charge in [-0.2, -0.15) is 0 Å². The van der Waals surface area contributed by atoms with E-state index in [9.17, 15) is 4.39 Å². The summed E-state index contributed by atoms with van der Waals surface area (Å²) < 4.78 is 13.4. The summed E-state index contributed by atoms with van der Waals surface area (Å²) >= 11 is 1.64. The van der Waals surface area contributed by atoms with Crippen LogP contribution >= 0.6 is 11.3 Å². The average Bonchev–Trinajstić information content (AvgIpc) is 3.03. The molecule has 1 saturated carbocycles. The molecule has 82 valence electrons. The van der Waals surface area contributed by atoms with E-state index in [4.69, 9.17) is 0 Å². The van der Waals surface area contributed by atoms with Crippen molar-refractivity contribution < 1.29 is 4.39 Å². The second kappa shape index (κ2) is 3.98. The second-order valence-corrected chi connectivity index (χ2v) is 5.15. The van der Waals surface area contributed by atoms with Crippen molar-refractivity contribution in [3.8, 4) is 0 Å². The standard InChI is InChI=1S/C13H12FNS/c14-11-4-2-1-3-10(11)7-13-15-12(8-16-13)9-5-6-9/h1-4,8-9H,5-7H2. The van der Waals surface area contributed by atoms with Gasteiger partial charge < -0.3 is 0 Å². The smallest absolute Gasteiger partial charge is 0.126 e. The van der Waals surface area contributed by atoms with Crippen LogP contribution in [0, 0.1) is 5.82 Å². The molecule has 1 aliphatic carbocycles.